The molecule has 0 aliphatic carbocycles. The van der Waals surface area contributed by atoms with E-state index in [4.69, 9.17) is 9.47 Å². The van der Waals surface area contributed by atoms with E-state index in [-0.39, 0.29) is 11.9 Å². The molecule has 17 heavy (non-hydrogen) atoms. The quantitative estimate of drug-likeness (QED) is 0.754. The summed E-state index contributed by atoms with van der Waals surface area (Å²) >= 11 is 0. The first-order valence-corrected chi connectivity index (χ1v) is 5.71. The maximum Gasteiger partial charge on any atom is 0.306 e. The summed E-state index contributed by atoms with van der Waals surface area (Å²) in [5, 5.41) is 0. The van der Waals surface area contributed by atoms with E-state index in [1.54, 1.807) is 7.11 Å². The molecule has 1 aromatic rings. The molecule has 1 rings (SSSR count). The molecule has 1 aromatic carbocycles. The van der Waals surface area contributed by atoms with Gasteiger partial charge in [0, 0.05) is 5.56 Å². The predicted molar refractivity (Wildman–Crippen MR) is 67.5 cm³/mol. The number of carbonyl (C=O) groups excluding carboxylic acids is 1. The van der Waals surface area contributed by atoms with Gasteiger partial charge in [-0.15, -0.1) is 0 Å². The van der Waals surface area contributed by atoms with Crippen LogP contribution < -0.4 is 4.74 Å². The summed E-state index contributed by atoms with van der Waals surface area (Å²) in [6, 6.07) is 4.10. The largest absolute Gasteiger partial charge is 0.496 e. The van der Waals surface area contributed by atoms with E-state index in [2.05, 4.69) is 6.07 Å². The van der Waals surface area contributed by atoms with Gasteiger partial charge in [-0.05, 0) is 37.0 Å². The molecule has 0 radical (unpaired) electrons. The van der Waals surface area contributed by atoms with Crippen LogP contribution in [-0.4, -0.2) is 20.2 Å². The topological polar surface area (TPSA) is 35.5 Å². The second-order valence-electron chi connectivity index (χ2n) is 4.38. The summed E-state index contributed by atoms with van der Waals surface area (Å²) in [6.07, 6.45) is 0.372. The van der Waals surface area contributed by atoms with Gasteiger partial charge in [-0.3, -0.25) is 4.79 Å². The zero-order chi connectivity index (χ0) is 13.0. The van der Waals surface area contributed by atoms with Gasteiger partial charge in [0.05, 0.1) is 20.6 Å². The number of rotatable bonds is 4. The van der Waals surface area contributed by atoms with E-state index >= 15 is 0 Å². The van der Waals surface area contributed by atoms with Crippen molar-refractivity contribution in [2.45, 2.75) is 33.1 Å². The Hall–Kier alpha value is -1.51. The van der Waals surface area contributed by atoms with E-state index in [9.17, 15) is 4.79 Å². The summed E-state index contributed by atoms with van der Waals surface area (Å²) < 4.78 is 10.1. The van der Waals surface area contributed by atoms with Crippen LogP contribution in [0.5, 0.6) is 5.75 Å². The highest BCUT2D eigenvalue weighted by Gasteiger charge is 2.18. The number of carbonyl (C=O) groups is 1. The Balaban J connectivity index is 3.07. The van der Waals surface area contributed by atoms with Crippen LogP contribution in [0.25, 0.3) is 0 Å². The summed E-state index contributed by atoms with van der Waals surface area (Å²) in [6.45, 7) is 6.08. The average Bonchev–Trinajstić information content (AvgIpc) is 2.27. The maximum atomic E-state index is 11.3. The molecule has 0 saturated carbocycles. The SMILES string of the molecule is COC(=O)CC(C)c1c(C)cc(C)cc1OC. The van der Waals surface area contributed by atoms with Gasteiger partial charge in [0.1, 0.15) is 5.75 Å². The number of hydrogen-bond acceptors (Lipinski definition) is 3. The van der Waals surface area contributed by atoms with E-state index in [1.165, 1.54) is 7.11 Å². The second kappa shape index (κ2) is 5.71. The van der Waals surface area contributed by atoms with Gasteiger partial charge in [0.15, 0.2) is 0 Å². The molecular weight excluding hydrogens is 216 g/mol. The molecule has 0 aliphatic rings. The minimum absolute atomic E-state index is 0.0954. The van der Waals surface area contributed by atoms with E-state index in [1.807, 2.05) is 26.8 Å². The molecule has 3 heteroatoms. The summed E-state index contributed by atoms with van der Waals surface area (Å²) in [5.74, 6) is 0.747. The van der Waals surface area contributed by atoms with Crippen molar-refractivity contribution in [1.29, 1.82) is 0 Å². The zero-order valence-electron chi connectivity index (χ0n) is 11.2. The highest BCUT2D eigenvalue weighted by atomic mass is 16.5. The van der Waals surface area contributed by atoms with Crippen LogP contribution in [0.2, 0.25) is 0 Å². The van der Waals surface area contributed by atoms with Gasteiger partial charge in [-0.1, -0.05) is 13.0 Å². The van der Waals surface area contributed by atoms with E-state index in [0.29, 0.717) is 6.42 Å². The molecule has 0 amide bonds. The number of methoxy groups -OCH3 is 2. The lowest BCUT2D eigenvalue weighted by molar-refractivity contribution is -0.140. The normalized spacial score (nSPS) is 12.1. The number of esters is 1. The van der Waals surface area contributed by atoms with E-state index in [0.717, 1.165) is 22.4 Å². The van der Waals surface area contributed by atoms with Crippen LogP contribution in [0.1, 0.15) is 36.0 Å². The van der Waals surface area contributed by atoms with Crippen LogP contribution in [0.15, 0.2) is 12.1 Å². The minimum Gasteiger partial charge on any atom is -0.496 e. The fourth-order valence-corrected chi connectivity index (χ4v) is 2.18. The van der Waals surface area contributed by atoms with Gasteiger partial charge in [0.2, 0.25) is 0 Å². The van der Waals surface area contributed by atoms with Gasteiger partial charge < -0.3 is 9.47 Å². The fraction of sp³-hybridized carbons (Fsp3) is 0.500. The molecule has 3 nitrogen and oxygen atoms in total. The molecule has 94 valence electrons. The molecule has 0 aromatic heterocycles. The number of hydrogen-bond donors (Lipinski definition) is 0. The molecule has 0 N–H and O–H groups in total. The van der Waals surface area contributed by atoms with E-state index < -0.39 is 0 Å². The Morgan fingerprint density at radius 2 is 1.94 bits per heavy atom. The third-order valence-corrected chi connectivity index (χ3v) is 2.91. The molecule has 1 unspecified atom stereocenters. The lowest BCUT2D eigenvalue weighted by Gasteiger charge is -2.18. The van der Waals surface area contributed by atoms with Crippen LogP contribution in [0.3, 0.4) is 0 Å². The summed E-state index contributed by atoms with van der Waals surface area (Å²) in [4.78, 5) is 11.3. The van der Waals surface area contributed by atoms with Gasteiger partial charge in [-0.2, -0.15) is 0 Å². The highest BCUT2D eigenvalue weighted by molar-refractivity contribution is 5.70. The number of benzene rings is 1. The molecule has 0 heterocycles. The Kier molecular flexibility index (Phi) is 4.55. The second-order valence-corrected chi connectivity index (χ2v) is 4.38. The van der Waals surface area contributed by atoms with Crippen molar-refractivity contribution in [1.82, 2.24) is 0 Å². The first-order valence-electron chi connectivity index (χ1n) is 5.71. The molecule has 0 fully saturated rings. The number of aryl methyl sites for hydroxylation is 2. The van der Waals surface area contributed by atoms with Gasteiger partial charge in [0.25, 0.3) is 0 Å². The van der Waals surface area contributed by atoms with Crippen molar-refractivity contribution in [3.8, 4) is 5.75 Å². The molecule has 1 atom stereocenters. The van der Waals surface area contributed by atoms with Crippen LogP contribution in [-0.2, 0) is 9.53 Å². The Labute approximate surface area is 103 Å². The first kappa shape index (κ1) is 13.6. The number of ether oxygens (including phenoxy) is 2. The Morgan fingerprint density at radius 1 is 1.29 bits per heavy atom. The predicted octanol–water partition coefficient (Wildman–Crippen LogP) is 2.98. The molecule has 0 aliphatic heterocycles. The fourth-order valence-electron chi connectivity index (χ4n) is 2.18. The van der Waals surface area contributed by atoms with Crippen molar-refractivity contribution in [2.75, 3.05) is 14.2 Å². The molecule has 0 saturated heterocycles. The third-order valence-electron chi connectivity index (χ3n) is 2.91. The molecule has 0 bridgehead atoms. The van der Waals surface area contributed by atoms with Crippen molar-refractivity contribution in [3.05, 3.63) is 28.8 Å². The third kappa shape index (κ3) is 3.22. The summed E-state index contributed by atoms with van der Waals surface area (Å²) in [7, 11) is 3.07. The first-order chi connectivity index (χ1) is 7.99. The standard InChI is InChI=1S/C14H20O3/c1-9-6-10(2)14(12(7-9)16-4)11(3)8-13(15)17-5/h6-7,11H,8H2,1-5H3. The van der Waals surface area contributed by atoms with Crippen LogP contribution >= 0.6 is 0 Å². The Bertz CT molecular complexity index is 410. The monoisotopic (exact) mass is 236 g/mol. The van der Waals surface area contributed by atoms with Crippen molar-refractivity contribution in [3.63, 3.8) is 0 Å². The Morgan fingerprint density at radius 3 is 2.47 bits per heavy atom. The lowest BCUT2D eigenvalue weighted by Crippen LogP contribution is -2.08. The van der Waals surface area contributed by atoms with Crippen molar-refractivity contribution in [2.24, 2.45) is 0 Å². The highest BCUT2D eigenvalue weighted by Crippen LogP contribution is 2.33. The van der Waals surface area contributed by atoms with Crippen LogP contribution in [0.4, 0.5) is 0 Å². The van der Waals surface area contributed by atoms with Crippen molar-refractivity contribution >= 4 is 5.97 Å². The maximum absolute atomic E-state index is 11.3. The van der Waals surface area contributed by atoms with Crippen molar-refractivity contribution < 1.29 is 14.3 Å². The zero-order valence-corrected chi connectivity index (χ0v) is 11.2. The molecular formula is C14H20O3. The summed E-state index contributed by atoms with van der Waals surface area (Å²) in [5.41, 5.74) is 3.40. The average molecular weight is 236 g/mol. The molecule has 0 spiro atoms. The smallest absolute Gasteiger partial charge is 0.306 e. The van der Waals surface area contributed by atoms with Gasteiger partial charge >= 0.3 is 5.97 Å². The van der Waals surface area contributed by atoms with Gasteiger partial charge in [-0.25, -0.2) is 0 Å². The minimum atomic E-state index is -0.195. The van der Waals surface area contributed by atoms with Crippen LogP contribution in [0, 0.1) is 13.8 Å². The lowest BCUT2D eigenvalue weighted by atomic mass is 9.91.